The quantitative estimate of drug-likeness (QED) is 0.663. The summed E-state index contributed by atoms with van der Waals surface area (Å²) >= 11 is 0. The molecule has 0 atom stereocenters. The van der Waals surface area contributed by atoms with Crippen LogP contribution in [-0.4, -0.2) is 16.9 Å². The van der Waals surface area contributed by atoms with Crippen molar-refractivity contribution in [2.24, 2.45) is 7.05 Å². The summed E-state index contributed by atoms with van der Waals surface area (Å²) in [5, 5.41) is 5.32. The lowest BCUT2D eigenvalue weighted by atomic mass is 10.1. The standard InChI is InChI=1S/C10H12N2O/c1-7-4-9(13-3)5-8-6-11-12(2)10(7)8/h4-6H,1-3H3. The molecule has 0 saturated carbocycles. The third-order valence-electron chi connectivity index (χ3n) is 2.23. The Bertz CT molecular complexity index is 445. The summed E-state index contributed by atoms with van der Waals surface area (Å²) in [6.07, 6.45) is 1.85. The molecule has 0 bridgehead atoms. The molecule has 0 N–H and O–H groups in total. The Hall–Kier alpha value is -1.51. The molecule has 0 aliphatic heterocycles. The van der Waals surface area contributed by atoms with Crippen molar-refractivity contribution in [3.63, 3.8) is 0 Å². The lowest BCUT2D eigenvalue weighted by Gasteiger charge is -2.03. The zero-order valence-electron chi connectivity index (χ0n) is 8.03. The molecule has 68 valence electrons. The number of fused-ring (bicyclic) bond motifs is 1. The van der Waals surface area contributed by atoms with Gasteiger partial charge in [0.25, 0.3) is 0 Å². The normalized spacial score (nSPS) is 10.7. The molecule has 0 aliphatic rings. The first-order valence-corrected chi connectivity index (χ1v) is 4.18. The van der Waals surface area contributed by atoms with E-state index in [1.165, 1.54) is 11.1 Å². The fourth-order valence-electron chi connectivity index (χ4n) is 1.64. The summed E-state index contributed by atoms with van der Waals surface area (Å²) < 4.78 is 7.05. The Balaban J connectivity index is 2.79. The van der Waals surface area contributed by atoms with Crippen molar-refractivity contribution in [3.8, 4) is 5.75 Å². The van der Waals surface area contributed by atoms with E-state index in [0.717, 1.165) is 11.1 Å². The highest BCUT2D eigenvalue weighted by Crippen LogP contribution is 2.23. The van der Waals surface area contributed by atoms with Gasteiger partial charge in [-0.25, -0.2) is 0 Å². The molecule has 0 amide bonds. The van der Waals surface area contributed by atoms with Gasteiger partial charge in [0.2, 0.25) is 0 Å². The molecular formula is C10H12N2O. The zero-order chi connectivity index (χ0) is 9.42. The Kier molecular flexibility index (Phi) is 1.72. The number of methoxy groups -OCH3 is 1. The third kappa shape index (κ3) is 1.16. The minimum Gasteiger partial charge on any atom is -0.497 e. The highest BCUT2D eigenvalue weighted by Gasteiger charge is 2.04. The van der Waals surface area contributed by atoms with Gasteiger partial charge in [0, 0.05) is 12.4 Å². The SMILES string of the molecule is COc1cc(C)c2c(cnn2C)c1. The van der Waals surface area contributed by atoms with Crippen molar-refractivity contribution in [1.82, 2.24) is 9.78 Å². The van der Waals surface area contributed by atoms with Gasteiger partial charge in [-0.3, -0.25) is 4.68 Å². The number of aryl methyl sites for hydroxylation is 2. The largest absolute Gasteiger partial charge is 0.497 e. The Morgan fingerprint density at radius 1 is 1.38 bits per heavy atom. The van der Waals surface area contributed by atoms with Crippen LogP contribution in [0.25, 0.3) is 10.9 Å². The molecule has 2 aromatic rings. The molecule has 0 aliphatic carbocycles. The first-order valence-electron chi connectivity index (χ1n) is 4.18. The van der Waals surface area contributed by atoms with Crippen LogP contribution >= 0.6 is 0 Å². The topological polar surface area (TPSA) is 27.1 Å². The van der Waals surface area contributed by atoms with E-state index in [1.54, 1.807) is 7.11 Å². The maximum absolute atomic E-state index is 5.18. The third-order valence-corrected chi connectivity index (χ3v) is 2.23. The van der Waals surface area contributed by atoms with Crippen LogP contribution in [0, 0.1) is 6.92 Å². The highest BCUT2D eigenvalue weighted by molar-refractivity contribution is 5.83. The number of nitrogens with zero attached hydrogens (tertiary/aromatic N) is 2. The van der Waals surface area contributed by atoms with Gasteiger partial charge in [-0.2, -0.15) is 5.10 Å². The minimum absolute atomic E-state index is 0.887. The van der Waals surface area contributed by atoms with Crippen LogP contribution in [0.5, 0.6) is 5.75 Å². The first-order chi connectivity index (χ1) is 6.22. The Morgan fingerprint density at radius 2 is 2.15 bits per heavy atom. The van der Waals surface area contributed by atoms with E-state index in [4.69, 9.17) is 4.74 Å². The molecule has 0 fully saturated rings. The van der Waals surface area contributed by atoms with Crippen LogP contribution in [0.4, 0.5) is 0 Å². The summed E-state index contributed by atoms with van der Waals surface area (Å²) in [6.45, 7) is 2.06. The molecule has 0 unspecified atom stereocenters. The number of hydrogen-bond acceptors (Lipinski definition) is 2. The maximum Gasteiger partial charge on any atom is 0.119 e. The molecule has 0 radical (unpaired) electrons. The highest BCUT2D eigenvalue weighted by atomic mass is 16.5. The van der Waals surface area contributed by atoms with Crippen LogP contribution in [0.3, 0.4) is 0 Å². The van der Waals surface area contributed by atoms with Gasteiger partial charge in [-0.15, -0.1) is 0 Å². The summed E-state index contributed by atoms with van der Waals surface area (Å²) in [4.78, 5) is 0. The van der Waals surface area contributed by atoms with E-state index < -0.39 is 0 Å². The lowest BCUT2D eigenvalue weighted by Crippen LogP contribution is -1.92. The predicted octanol–water partition coefficient (Wildman–Crippen LogP) is 1.89. The van der Waals surface area contributed by atoms with Crippen LogP contribution < -0.4 is 4.74 Å². The minimum atomic E-state index is 0.887. The summed E-state index contributed by atoms with van der Waals surface area (Å²) in [5.74, 6) is 0.887. The van der Waals surface area contributed by atoms with E-state index in [2.05, 4.69) is 12.0 Å². The van der Waals surface area contributed by atoms with E-state index in [1.807, 2.05) is 30.1 Å². The summed E-state index contributed by atoms with van der Waals surface area (Å²) in [7, 11) is 3.62. The molecule has 0 spiro atoms. The smallest absolute Gasteiger partial charge is 0.119 e. The molecule has 13 heavy (non-hydrogen) atoms. The fraction of sp³-hybridized carbons (Fsp3) is 0.300. The van der Waals surface area contributed by atoms with E-state index >= 15 is 0 Å². The molecule has 2 rings (SSSR count). The van der Waals surface area contributed by atoms with Gasteiger partial charge in [0.15, 0.2) is 0 Å². The molecule has 0 saturated heterocycles. The molecule has 3 heteroatoms. The van der Waals surface area contributed by atoms with E-state index in [0.29, 0.717) is 0 Å². The van der Waals surface area contributed by atoms with Gasteiger partial charge in [0.1, 0.15) is 5.75 Å². The van der Waals surface area contributed by atoms with Crippen molar-refractivity contribution in [2.45, 2.75) is 6.92 Å². The maximum atomic E-state index is 5.18. The summed E-state index contributed by atoms with van der Waals surface area (Å²) in [6, 6.07) is 4.01. The number of rotatable bonds is 1. The Labute approximate surface area is 76.9 Å². The van der Waals surface area contributed by atoms with Gasteiger partial charge in [-0.05, 0) is 24.6 Å². The second kappa shape index (κ2) is 2.76. The average Bonchev–Trinajstić information content (AvgIpc) is 2.48. The van der Waals surface area contributed by atoms with E-state index in [-0.39, 0.29) is 0 Å². The molecule has 1 heterocycles. The van der Waals surface area contributed by atoms with E-state index in [9.17, 15) is 0 Å². The number of aromatic nitrogens is 2. The Morgan fingerprint density at radius 3 is 2.85 bits per heavy atom. The average molecular weight is 176 g/mol. The van der Waals surface area contributed by atoms with Crippen LogP contribution in [-0.2, 0) is 7.05 Å². The van der Waals surface area contributed by atoms with Crippen LogP contribution in [0.2, 0.25) is 0 Å². The van der Waals surface area contributed by atoms with Gasteiger partial charge >= 0.3 is 0 Å². The van der Waals surface area contributed by atoms with Crippen molar-refractivity contribution in [2.75, 3.05) is 7.11 Å². The van der Waals surface area contributed by atoms with Crippen molar-refractivity contribution >= 4 is 10.9 Å². The van der Waals surface area contributed by atoms with Gasteiger partial charge in [-0.1, -0.05) is 0 Å². The molecular weight excluding hydrogens is 164 g/mol. The zero-order valence-corrected chi connectivity index (χ0v) is 8.03. The number of hydrogen-bond donors (Lipinski definition) is 0. The predicted molar refractivity (Wildman–Crippen MR) is 52.0 cm³/mol. The van der Waals surface area contributed by atoms with Crippen molar-refractivity contribution < 1.29 is 4.74 Å². The fourth-order valence-corrected chi connectivity index (χ4v) is 1.64. The van der Waals surface area contributed by atoms with Gasteiger partial charge < -0.3 is 4.74 Å². The molecule has 3 nitrogen and oxygen atoms in total. The lowest BCUT2D eigenvalue weighted by molar-refractivity contribution is 0.415. The monoisotopic (exact) mass is 176 g/mol. The van der Waals surface area contributed by atoms with Crippen molar-refractivity contribution in [1.29, 1.82) is 0 Å². The molecule has 1 aromatic heterocycles. The van der Waals surface area contributed by atoms with Crippen LogP contribution in [0.15, 0.2) is 18.3 Å². The second-order valence-corrected chi connectivity index (χ2v) is 3.15. The van der Waals surface area contributed by atoms with Crippen LogP contribution in [0.1, 0.15) is 5.56 Å². The van der Waals surface area contributed by atoms with Crippen molar-refractivity contribution in [3.05, 3.63) is 23.9 Å². The number of benzene rings is 1. The summed E-state index contributed by atoms with van der Waals surface area (Å²) in [5.41, 5.74) is 2.36. The first kappa shape index (κ1) is 8.10. The molecule has 1 aromatic carbocycles. The van der Waals surface area contributed by atoms with Gasteiger partial charge in [0.05, 0.1) is 18.8 Å². The second-order valence-electron chi connectivity index (χ2n) is 3.15. The number of ether oxygens (including phenoxy) is 1.